The van der Waals surface area contributed by atoms with Gasteiger partial charge in [-0.1, -0.05) is 77.0 Å². The number of aliphatic imine (C=N–C) groups is 1. The van der Waals surface area contributed by atoms with E-state index in [9.17, 15) is 19.5 Å². The fraction of sp³-hybridized carbons (Fsp3) is 0.686. The number of ketones is 1. The van der Waals surface area contributed by atoms with Crippen molar-refractivity contribution in [2.75, 3.05) is 13.2 Å². The SMILES string of the molecule is CC(=O)/N=C1\[C@H](C)C[C@@]2(C)OC/C(=N/OCc3ccccc3)CO[C@H]([C@H]1C)[C@](C)(O)[C@@H](I)OC(=O)[C@@](C)(F)C(=O)[C@H](C)[C@H]2C(C)(C)C. The van der Waals surface area contributed by atoms with Crippen LogP contribution >= 0.6 is 22.6 Å². The molecule has 2 aliphatic heterocycles. The van der Waals surface area contributed by atoms with E-state index in [4.69, 9.17) is 19.0 Å². The van der Waals surface area contributed by atoms with Gasteiger partial charge in [0.1, 0.15) is 17.9 Å². The Labute approximate surface area is 291 Å². The molecule has 1 amide bonds. The summed E-state index contributed by atoms with van der Waals surface area (Å²) in [6.07, 6.45) is -0.875. The fourth-order valence-corrected chi connectivity index (χ4v) is 8.02. The van der Waals surface area contributed by atoms with Crippen LogP contribution in [0.5, 0.6) is 0 Å². The topological polar surface area (TPSA) is 133 Å². The molecule has 2 saturated heterocycles. The summed E-state index contributed by atoms with van der Waals surface area (Å²) in [6, 6.07) is 9.49. The number of ether oxygens (including phenoxy) is 3. The molecule has 1 N–H and O–H groups in total. The number of hydrogen-bond donors (Lipinski definition) is 1. The van der Waals surface area contributed by atoms with E-state index >= 15 is 4.39 Å². The van der Waals surface area contributed by atoms with Gasteiger partial charge in [-0.2, -0.15) is 0 Å². The van der Waals surface area contributed by atoms with Gasteiger partial charge in [0.25, 0.3) is 5.67 Å². The Bertz CT molecular complexity index is 1360. The average molecular weight is 773 g/mol. The van der Waals surface area contributed by atoms with Crippen LogP contribution in [0.4, 0.5) is 4.39 Å². The zero-order chi connectivity index (χ0) is 35.5. The second kappa shape index (κ2) is 15.1. The van der Waals surface area contributed by atoms with Crippen LogP contribution in [0, 0.1) is 29.1 Å². The van der Waals surface area contributed by atoms with Crippen molar-refractivity contribution in [1.29, 1.82) is 0 Å². The normalized spacial score (nSPS) is 38.2. The highest BCUT2D eigenvalue weighted by Crippen LogP contribution is 2.48. The summed E-state index contributed by atoms with van der Waals surface area (Å²) in [5, 5.41) is 16.4. The number of aliphatic hydroxyl groups is 1. The number of carbonyl (C=O) groups excluding carboxylic acids is 3. The molecule has 3 rings (SSSR count). The number of benzene rings is 1. The molecule has 0 spiro atoms. The largest absolute Gasteiger partial charge is 0.446 e. The van der Waals surface area contributed by atoms with Gasteiger partial charge in [-0.3, -0.25) is 9.59 Å². The highest BCUT2D eigenvalue weighted by atomic mass is 127. The molecule has 262 valence electrons. The van der Waals surface area contributed by atoms with Crippen molar-refractivity contribution < 1.29 is 42.9 Å². The van der Waals surface area contributed by atoms with Crippen molar-refractivity contribution in [2.45, 2.75) is 109 Å². The highest BCUT2D eigenvalue weighted by molar-refractivity contribution is 14.1. The molecule has 0 unspecified atom stereocenters. The smallest absolute Gasteiger partial charge is 0.352 e. The van der Waals surface area contributed by atoms with Crippen LogP contribution in [0.1, 0.15) is 81.2 Å². The standard InChI is InChI=1S/C35H50FIN2O8/c1-20-16-33(8)27(32(5,6)7)22(3)28(41)34(9,36)31(42)47-30(37)35(10,43)29(21(2)26(20)38-23(4)40)44-18-25(19-45-33)39-46-17-24-14-12-11-13-15-24/h11-15,20-22,27,29-30,43H,16-19H2,1-10H3/b38-26+,39-25+/t20-,21+,22-,27+,29-,30+,33-,34+,35+/m1/s1. The van der Waals surface area contributed by atoms with E-state index < -0.39 is 73.8 Å². The number of nitrogens with zero attached hydrogens (tertiary/aromatic N) is 2. The Morgan fingerprint density at radius 3 is 2.28 bits per heavy atom. The van der Waals surface area contributed by atoms with Gasteiger partial charge >= 0.3 is 5.97 Å². The Morgan fingerprint density at radius 1 is 1.09 bits per heavy atom. The van der Waals surface area contributed by atoms with Gasteiger partial charge in [-0.15, -0.1) is 0 Å². The average Bonchev–Trinajstić information content (AvgIpc) is 2.97. The molecule has 2 fully saturated rings. The van der Waals surface area contributed by atoms with E-state index in [-0.39, 0.29) is 26.2 Å². The summed E-state index contributed by atoms with van der Waals surface area (Å²) in [7, 11) is 0. The summed E-state index contributed by atoms with van der Waals surface area (Å²) >= 11 is 1.70. The first kappa shape index (κ1) is 39.2. The highest BCUT2D eigenvalue weighted by Gasteiger charge is 2.56. The Morgan fingerprint density at radius 2 is 1.70 bits per heavy atom. The lowest BCUT2D eigenvalue weighted by molar-refractivity contribution is -0.182. The van der Waals surface area contributed by atoms with Crippen LogP contribution in [0.25, 0.3) is 0 Å². The summed E-state index contributed by atoms with van der Waals surface area (Å²) < 4.78 is 33.6. The van der Waals surface area contributed by atoms with Gasteiger partial charge in [-0.05, 0) is 66.7 Å². The number of cyclic esters (lactones) is 1. The van der Waals surface area contributed by atoms with Crippen LogP contribution in [0.3, 0.4) is 0 Å². The molecule has 10 nitrogen and oxygen atoms in total. The van der Waals surface area contributed by atoms with Gasteiger partial charge in [0.2, 0.25) is 5.91 Å². The summed E-state index contributed by atoms with van der Waals surface area (Å²) in [4.78, 5) is 50.0. The third-order valence-electron chi connectivity index (χ3n) is 9.29. The first-order valence-corrected chi connectivity index (χ1v) is 17.2. The lowest BCUT2D eigenvalue weighted by Gasteiger charge is -2.49. The number of fused-ring (bicyclic) bond motifs is 5. The molecule has 2 heterocycles. The lowest BCUT2D eigenvalue weighted by atomic mass is 9.61. The van der Waals surface area contributed by atoms with Crippen molar-refractivity contribution in [1.82, 2.24) is 0 Å². The molecule has 1 aromatic carbocycles. The predicted molar refractivity (Wildman–Crippen MR) is 185 cm³/mol. The second-order valence-electron chi connectivity index (χ2n) is 14.6. The van der Waals surface area contributed by atoms with E-state index in [0.717, 1.165) is 12.5 Å². The number of rotatable bonds is 3. The molecule has 2 bridgehead atoms. The van der Waals surface area contributed by atoms with Crippen LogP contribution in [-0.4, -0.2) is 74.5 Å². The number of Topliss-reactive ketones (excluding diaryl/α,β-unsaturated/α-hetero) is 1. The van der Waals surface area contributed by atoms with Gasteiger partial charge < -0.3 is 24.2 Å². The van der Waals surface area contributed by atoms with Crippen molar-refractivity contribution in [2.24, 2.45) is 39.2 Å². The van der Waals surface area contributed by atoms with Crippen LogP contribution in [-0.2, 0) is 40.0 Å². The van der Waals surface area contributed by atoms with Crippen molar-refractivity contribution in [3.05, 3.63) is 35.9 Å². The van der Waals surface area contributed by atoms with Gasteiger partial charge in [0.05, 0.1) is 24.9 Å². The Balaban J connectivity index is 2.31. The zero-order valence-corrected chi connectivity index (χ0v) is 31.3. The molecule has 47 heavy (non-hydrogen) atoms. The molecular weight excluding hydrogens is 722 g/mol. The van der Waals surface area contributed by atoms with Gasteiger partial charge in [0.15, 0.2) is 9.89 Å². The van der Waals surface area contributed by atoms with Gasteiger partial charge in [-0.25, -0.2) is 14.2 Å². The molecule has 9 atom stereocenters. The molecule has 0 aromatic heterocycles. The molecule has 2 aliphatic rings. The molecule has 1 aromatic rings. The number of esters is 1. The third kappa shape index (κ3) is 9.04. The number of hydrogen-bond acceptors (Lipinski definition) is 9. The van der Waals surface area contributed by atoms with E-state index in [0.29, 0.717) is 11.4 Å². The van der Waals surface area contributed by atoms with E-state index in [1.165, 1.54) is 13.8 Å². The maximum absolute atomic E-state index is 16.3. The second-order valence-corrected chi connectivity index (χ2v) is 15.8. The first-order chi connectivity index (χ1) is 21.6. The molecule has 0 saturated carbocycles. The zero-order valence-electron chi connectivity index (χ0n) is 29.1. The van der Waals surface area contributed by atoms with Crippen molar-refractivity contribution in [3.8, 4) is 0 Å². The number of carbonyl (C=O) groups is 3. The maximum atomic E-state index is 16.3. The van der Waals surface area contributed by atoms with Gasteiger partial charge in [0, 0.05) is 30.4 Å². The molecule has 0 radical (unpaired) electrons. The van der Waals surface area contributed by atoms with E-state index in [1.807, 2.05) is 65.0 Å². The Hall–Kier alpha value is -2.29. The summed E-state index contributed by atoms with van der Waals surface area (Å²) in [6.45, 7) is 16.5. The number of alkyl halides is 2. The monoisotopic (exact) mass is 772 g/mol. The fourth-order valence-electron chi connectivity index (χ4n) is 7.43. The third-order valence-corrected chi connectivity index (χ3v) is 10.8. The Kier molecular flexibility index (Phi) is 12.6. The van der Waals surface area contributed by atoms with Crippen molar-refractivity contribution in [3.63, 3.8) is 0 Å². The van der Waals surface area contributed by atoms with Crippen LogP contribution in [0.15, 0.2) is 40.5 Å². The van der Waals surface area contributed by atoms with Crippen molar-refractivity contribution >= 4 is 51.7 Å². The number of halogens is 2. The minimum absolute atomic E-state index is 0.0794. The first-order valence-electron chi connectivity index (χ1n) is 16.0. The number of amides is 1. The quantitative estimate of drug-likeness (QED) is 0.129. The van der Waals surface area contributed by atoms with E-state index in [1.54, 1.807) is 36.4 Å². The minimum atomic E-state index is -3.01. The minimum Gasteiger partial charge on any atom is -0.446 e. The maximum Gasteiger partial charge on any atom is 0.352 e. The van der Waals surface area contributed by atoms with Crippen LogP contribution < -0.4 is 0 Å². The predicted octanol–water partition coefficient (Wildman–Crippen LogP) is 6.05. The number of oxime groups is 1. The van der Waals surface area contributed by atoms with Crippen LogP contribution in [0.2, 0.25) is 0 Å². The lowest BCUT2D eigenvalue weighted by Crippen LogP contribution is -2.58. The molecular formula is C35H50FIN2O8. The summed E-state index contributed by atoms with van der Waals surface area (Å²) in [5.41, 5.74) is -5.05. The van der Waals surface area contributed by atoms with E-state index in [2.05, 4.69) is 10.1 Å². The summed E-state index contributed by atoms with van der Waals surface area (Å²) in [5.74, 6) is -5.60. The molecule has 0 aliphatic carbocycles. The molecule has 12 heteroatoms.